The van der Waals surface area contributed by atoms with Gasteiger partial charge in [-0.05, 0) is 43.5 Å². The Morgan fingerprint density at radius 3 is 2.42 bits per heavy atom. The Bertz CT molecular complexity index is 740. The van der Waals surface area contributed by atoms with Gasteiger partial charge in [0.1, 0.15) is 0 Å². The van der Waals surface area contributed by atoms with Crippen LogP contribution in [0.5, 0.6) is 0 Å². The van der Waals surface area contributed by atoms with E-state index in [2.05, 4.69) is 20.8 Å². The molecular weight excluding hydrogens is 304 g/mol. The lowest BCUT2D eigenvalue weighted by Gasteiger charge is -2.15. The number of nitrogens with one attached hydrogen (secondary N) is 2. The summed E-state index contributed by atoms with van der Waals surface area (Å²) >= 11 is 0. The van der Waals surface area contributed by atoms with Gasteiger partial charge in [-0.1, -0.05) is 18.9 Å². The first-order valence-corrected chi connectivity index (χ1v) is 8.13. The van der Waals surface area contributed by atoms with Gasteiger partial charge >= 0.3 is 0 Å². The third-order valence-electron chi connectivity index (χ3n) is 4.41. The van der Waals surface area contributed by atoms with Crippen LogP contribution >= 0.6 is 0 Å². The average molecular weight is 324 g/mol. The molecule has 1 aliphatic carbocycles. The van der Waals surface area contributed by atoms with Gasteiger partial charge in [0.2, 0.25) is 5.91 Å². The van der Waals surface area contributed by atoms with E-state index in [1.807, 2.05) is 25.1 Å². The second-order valence-corrected chi connectivity index (χ2v) is 6.03. The van der Waals surface area contributed by atoms with E-state index in [1.165, 1.54) is 12.4 Å². The van der Waals surface area contributed by atoms with E-state index in [-0.39, 0.29) is 17.7 Å². The molecule has 3 rings (SSSR count). The summed E-state index contributed by atoms with van der Waals surface area (Å²) in [5.41, 5.74) is 2.67. The Morgan fingerprint density at radius 2 is 1.75 bits per heavy atom. The van der Waals surface area contributed by atoms with Crippen LogP contribution in [0.25, 0.3) is 0 Å². The number of hydrogen-bond donors (Lipinski definition) is 2. The van der Waals surface area contributed by atoms with Gasteiger partial charge in [-0.15, -0.1) is 0 Å². The Balaban J connectivity index is 1.73. The van der Waals surface area contributed by atoms with Crippen molar-refractivity contribution in [3.05, 3.63) is 47.8 Å². The molecule has 0 radical (unpaired) electrons. The van der Waals surface area contributed by atoms with Gasteiger partial charge in [0.15, 0.2) is 0 Å². The number of carbonyl (C=O) groups excluding carboxylic acids is 2. The zero-order chi connectivity index (χ0) is 16.9. The van der Waals surface area contributed by atoms with Crippen LogP contribution in [0, 0.1) is 12.8 Å². The van der Waals surface area contributed by atoms with Crippen LogP contribution < -0.4 is 10.6 Å². The van der Waals surface area contributed by atoms with Crippen molar-refractivity contribution in [3.63, 3.8) is 0 Å². The first-order chi connectivity index (χ1) is 11.6. The Labute approximate surface area is 140 Å². The molecule has 0 unspecified atom stereocenters. The number of carbonyl (C=O) groups is 2. The quantitative estimate of drug-likeness (QED) is 0.905. The zero-order valence-corrected chi connectivity index (χ0v) is 13.6. The number of benzene rings is 1. The van der Waals surface area contributed by atoms with E-state index in [4.69, 9.17) is 0 Å². The van der Waals surface area contributed by atoms with Crippen molar-refractivity contribution in [3.8, 4) is 0 Å². The highest BCUT2D eigenvalue weighted by atomic mass is 16.2. The van der Waals surface area contributed by atoms with Crippen LogP contribution in [0.3, 0.4) is 0 Å². The number of amides is 2. The largest absolute Gasteiger partial charge is 0.326 e. The molecule has 1 aliphatic rings. The predicted molar refractivity (Wildman–Crippen MR) is 91.8 cm³/mol. The summed E-state index contributed by atoms with van der Waals surface area (Å²) in [7, 11) is 0. The third kappa shape index (κ3) is 3.59. The Kier molecular flexibility index (Phi) is 4.84. The van der Waals surface area contributed by atoms with Gasteiger partial charge in [-0.25, -0.2) is 0 Å². The first-order valence-electron chi connectivity index (χ1n) is 8.13. The van der Waals surface area contributed by atoms with Crippen molar-refractivity contribution in [2.24, 2.45) is 5.92 Å². The number of aromatic nitrogens is 2. The molecular formula is C18H20N4O2. The van der Waals surface area contributed by atoms with Crippen molar-refractivity contribution in [1.82, 2.24) is 10.2 Å². The van der Waals surface area contributed by atoms with E-state index in [1.54, 1.807) is 6.07 Å². The lowest BCUT2D eigenvalue weighted by Crippen LogP contribution is -2.21. The molecule has 0 spiro atoms. The van der Waals surface area contributed by atoms with Crippen LogP contribution in [0.2, 0.25) is 0 Å². The molecule has 2 amide bonds. The molecule has 0 saturated heterocycles. The highest BCUT2D eigenvalue weighted by molar-refractivity contribution is 6.05. The van der Waals surface area contributed by atoms with Crippen molar-refractivity contribution < 1.29 is 9.59 Å². The number of rotatable bonds is 4. The molecule has 24 heavy (non-hydrogen) atoms. The minimum Gasteiger partial charge on any atom is -0.326 e. The zero-order valence-electron chi connectivity index (χ0n) is 13.6. The van der Waals surface area contributed by atoms with Gasteiger partial charge in [-0.3, -0.25) is 9.59 Å². The van der Waals surface area contributed by atoms with Gasteiger partial charge in [0.05, 0.1) is 18.0 Å². The normalized spacial score (nSPS) is 14.4. The van der Waals surface area contributed by atoms with Crippen molar-refractivity contribution in [2.45, 2.75) is 32.6 Å². The molecule has 1 fully saturated rings. The van der Waals surface area contributed by atoms with Gasteiger partial charge in [-0.2, -0.15) is 10.2 Å². The highest BCUT2D eigenvalue weighted by Gasteiger charge is 2.23. The van der Waals surface area contributed by atoms with Crippen molar-refractivity contribution in [2.75, 3.05) is 10.6 Å². The second kappa shape index (κ2) is 7.21. The summed E-state index contributed by atoms with van der Waals surface area (Å²) in [4.78, 5) is 24.6. The van der Waals surface area contributed by atoms with Crippen molar-refractivity contribution in [1.29, 1.82) is 0 Å². The van der Waals surface area contributed by atoms with E-state index in [0.717, 1.165) is 36.9 Å². The van der Waals surface area contributed by atoms with Gasteiger partial charge < -0.3 is 10.6 Å². The number of hydrogen-bond acceptors (Lipinski definition) is 4. The van der Waals surface area contributed by atoms with Crippen LogP contribution in [-0.4, -0.2) is 22.0 Å². The highest BCUT2D eigenvalue weighted by Crippen LogP contribution is 2.28. The molecule has 1 saturated carbocycles. The fourth-order valence-corrected chi connectivity index (χ4v) is 2.95. The minimum atomic E-state index is -0.257. The SMILES string of the molecule is Cc1c(NC(=O)c2ccnnc2)cccc1NC(=O)C1CCCC1. The van der Waals surface area contributed by atoms with Gasteiger partial charge in [0.25, 0.3) is 5.91 Å². The molecule has 1 heterocycles. The molecule has 0 bridgehead atoms. The maximum absolute atomic E-state index is 12.3. The minimum absolute atomic E-state index is 0.0670. The standard InChI is InChI=1S/C18H20N4O2/c1-12-15(21-17(23)13-5-2-3-6-13)7-4-8-16(12)22-18(24)14-9-10-19-20-11-14/h4,7-11,13H,2-3,5-6H2,1H3,(H,21,23)(H,22,24). The first kappa shape index (κ1) is 16.1. The monoisotopic (exact) mass is 324 g/mol. The Hall–Kier alpha value is -2.76. The molecule has 124 valence electrons. The Morgan fingerprint density at radius 1 is 1.04 bits per heavy atom. The lowest BCUT2D eigenvalue weighted by molar-refractivity contribution is -0.119. The van der Waals surface area contributed by atoms with Crippen molar-refractivity contribution >= 4 is 23.2 Å². The maximum atomic E-state index is 12.3. The van der Waals surface area contributed by atoms with Crippen LogP contribution in [-0.2, 0) is 4.79 Å². The molecule has 0 aliphatic heterocycles. The van der Waals surface area contributed by atoms with E-state index >= 15 is 0 Å². The predicted octanol–water partition coefficient (Wildman–Crippen LogP) is 3.17. The van der Waals surface area contributed by atoms with E-state index in [0.29, 0.717) is 11.3 Å². The molecule has 0 atom stereocenters. The molecule has 1 aromatic heterocycles. The van der Waals surface area contributed by atoms with Gasteiger partial charge in [0, 0.05) is 17.3 Å². The molecule has 6 heteroatoms. The smallest absolute Gasteiger partial charge is 0.257 e. The molecule has 1 aromatic carbocycles. The van der Waals surface area contributed by atoms with E-state index < -0.39 is 0 Å². The molecule has 6 nitrogen and oxygen atoms in total. The summed E-state index contributed by atoms with van der Waals surface area (Å²) in [6.07, 6.45) is 7.03. The third-order valence-corrected chi connectivity index (χ3v) is 4.41. The fourth-order valence-electron chi connectivity index (χ4n) is 2.95. The number of anilines is 2. The summed E-state index contributed by atoms with van der Waals surface area (Å²) in [6, 6.07) is 7.08. The van der Waals surface area contributed by atoms with Crippen LogP contribution in [0.1, 0.15) is 41.6 Å². The summed E-state index contributed by atoms with van der Waals surface area (Å²) in [5.74, 6) is -0.0878. The maximum Gasteiger partial charge on any atom is 0.257 e. The summed E-state index contributed by atoms with van der Waals surface area (Å²) < 4.78 is 0. The van der Waals surface area contributed by atoms with Crippen LogP contribution in [0.15, 0.2) is 36.7 Å². The van der Waals surface area contributed by atoms with Crippen LogP contribution in [0.4, 0.5) is 11.4 Å². The fraction of sp³-hybridized carbons (Fsp3) is 0.333. The average Bonchev–Trinajstić information content (AvgIpc) is 3.14. The summed E-state index contributed by atoms with van der Waals surface area (Å²) in [5, 5.41) is 13.2. The second-order valence-electron chi connectivity index (χ2n) is 6.03. The molecule has 2 N–H and O–H groups in total. The molecule has 2 aromatic rings. The summed E-state index contributed by atoms with van der Waals surface area (Å²) in [6.45, 7) is 1.88. The van der Waals surface area contributed by atoms with E-state index in [9.17, 15) is 9.59 Å². The topological polar surface area (TPSA) is 84.0 Å². The lowest BCUT2D eigenvalue weighted by atomic mass is 10.1. The number of nitrogens with zero attached hydrogens (tertiary/aromatic N) is 2.